The van der Waals surface area contributed by atoms with E-state index in [1.807, 2.05) is 12.4 Å². The number of nitrogens with zero attached hydrogens (tertiary/aromatic N) is 3. The van der Waals surface area contributed by atoms with E-state index in [1.165, 1.54) is 17.0 Å². The Hall–Kier alpha value is -1.83. The lowest BCUT2D eigenvalue weighted by Gasteiger charge is -2.47. The molecule has 0 radical (unpaired) electrons. The lowest BCUT2D eigenvalue weighted by molar-refractivity contribution is -0.144. The van der Waals surface area contributed by atoms with Gasteiger partial charge in [0.1, 0.15) is 12.4 Å². The van der Waals surface area contributed by atoms with Gasteiger partial charge < -0.3 is 9.64 Å². The van der Waals surface area contributed by atoms with Crippen molar-refractivity contribution in [3.05, 3.63) is 46.2 Å². The normalized spacial score (nSPS) is 20.7. The number of benzene rings is 1. The van der Waals surface area contributed by atoms with E-state index >= 15 is 0 Å². The van der Waals surface area contributed by atoms with Crippen molar-refractivity contribution in [1.82, 2.24) is 9.88 Å². The van der Waals surface area contributed by atoms with Crippen molar-refractivity contribution in [3.63, 3.8) is 0 Å². The second-order valence-electron chi connectivity index (χ2n) is 7.07. The minimum Gasteiger partial charge on any atom is -0.363 e. The zero-order chi connectivity index (χ0) is 18.1. The van der Waals surface area contributed by atoms with Gasteiger partial charge in [-0.05, 0) is 44.0 Å². The topological polar surface area (TPSA) is 45.7 Å². The smallest absolute Gasteiger partial charge is 0.253 e. The number of anilines is 1. The van der Waals surface area contributed by atoms with Gasteiger partial charge >= 0.3 is 0 Å². The summed E-state index contributed by atoms with van der Waals surface area (Å²) in [6, 6.07) is 6.11. The van der Waals surface area contributed by atoms with Gasteiger partial charge in [0.25, 0.3) is 5.91 Å². The fourth-order valence-electron chi connectivity index (χ4n) is 3.67. The Morgan fingerprint density at radius 1 is 1.27 bits per heavy atom. The van der Waals surface area contributed by atoms with Crippen molar-refractivity contribution in [2.75, 3.05) is 31.1 Å². The van der Waals surface area contributed by atoms with Crippen LogP contribution in [0.3, 0.4) is 0 Å². The summed E-state index contributed by atoms with van der Waals surface area (Å²) in [6.45, 7) is 5.46. The first-order valence-corrected chi connectivity index (χ1v) is 9.74. The number of morpholine rings is 1. The highest BCUT2D eigenvalue weighted by atomic mass is 32.1. The number of amides is 1. The highest BCUT2D eigenvalue weighted by Gasteiger charge is 2.42. The predicted octanol–water partition coefficient (Wildman–Crippen LogP) is 2.99. The lowest BCUT2D eigenvalue weighted by atomic mass is 9.89. The van der Waals surface area contributed by atoms with E-state index in [2.05, 4.69) is 9.88 Å². The second kappa shape index (κ2) is 7.06. The minimum absolute atomic E-state index is 0.0649. The zero-order valence-electron chi connectivity index (χ0n) is 14.8. The molecule has 2 aliphatic rings. The summed E-state index contributed by atoms with van der Waals surface area (Å²) in [4.78, 5) is 22.1. The third-order valence-electron chi connectivity index (χ3n) is 5.37. The van der Waals surface area contributed by atoms with Crippen molar-refractivity contribution in [2.45, 2.75) is 31.9 Å². The van der Waals surface area contributed by atoms with E-state index in [-0.39, 0.29) is 23.9 Å². The summed E-state index contributed by atoms with van der Waals surface area (Å²) in [5, 5.41) is 0. The van der Waals surface area contributed by atoms with Crippen LogP contribution in [-0.2, 0) is 16.1 Å². The average molecular weight is 375 g/mol. The molecular formula is C19H22FN3O2S. The van der Waals surface area contributed by atoms with E-state index < -0.39 is 0 Å². The molecule has 3 heterocycles. The molecule has 1 aromatic carbocycles. The van der Waals surface area contributed by atoms with Crippen LogP contribution in [0.15, 0.2) is 29.8 Å². The number of aromatic nitrogens is 1. The summed E-state index contributed by atoms with van der Waals surface area (Å²) in [5.74, 6) is -0.360. The Morgan fingerprint density at radius 3 is 2.65 bits per heavy atom. The maximum atomic E-state index is 13.2. The summed E-state index contributed by atoms with van der Waals surface area (Å²) in [6.07, 6.45) is 1.77. The number of hydrogen-bond donors (Lipinski definition) is 0. The van der Waals surface area contributed by atoms with Crippen LogP contribution < -0.4 is 4.90 Å². The highest BCUT2D eigenvalue weighted by molar-refractivity contribution is 7.09. The Bertz CT molecular complexity index is 784. The number of piperidine rings is 1. The van der Waals surface area contributed by atoms with Crippen LogP contribution in [-0.4, -0.2) is 47.6 Å². The maximum Gasteiger partial charge on any atom is 0.253 e. The third-order valence-corrected chi connectivity index (χ3v) is 6.29. The molecule has 0 N–H and O–H groups in total. The van der Waals surface area contributed by atoms with E-state index in [4.69, 9.17) is 4.74 Å². The number of ether oxygens (including phenoxy) is 1. The molecule has 138 valence electrons. The van der Waals surface area contributed by atoms with Crippen LogP contribution in [0.1, 0.15) is 23.4 Å². The van der Waals surface area contributed by atoms with Crippen molar-refractivity contribution in [1.29, 1.82) is 0 Å². The number of rotatable bonds is 3. The van der Waals surface area contributed by atoms with Gasteiger partial charge in [-0.1, -0.05) is 0 Å². The van der Waals surface area contributed by atoms with Gasteiger partial charge in [0.15, 0.2) is 0 Å². The summed E-state index contributed by atoms with van der Waals surface area (Å²) >= 11 is 1.70. The van der Waals surface area contributed by atoms with Gasteiger partial charge in [0.05, 0.1) is 23.4 Å². The Balaban J connectivity index is 1.42. The molecule has 0 saturated carbocycles. The fourth-order valence-corrected chi connectivity index (χ4v) is 4.49. The average Bonchev–Trinajstić information content (AvgIpc) is 3.05. The molecule has 4 rings (SSSR count). The molecule has 2 saturated heterocycles. The molecule has 0 bridgehead atoms. The lowest BCUT2D eigenvalue weighted by Crippen LogP contribution is -2.58. The van der Waals surface area contributed by atoms with Crippen LogP contribution in [0, 0.1) is 12.7 Å². The molecule has 5 nitrogen and oxygen atoms in total. The Morgan fingerprint density at radius 2 is 2.00 bits per heavy atom. The van der Waals surface area contributed by atoms with Crippen molar-refractivity contribution in [3.8, 4) is 0 Å². The molecular weight excluding hydrogens is 353 g/mol. The van der Waals surface area contributed by atoms with Crippen LogP contribution >= 0.6 is 11.3 Å². The van der Waals surface area contributed by atoms with E-state index in [0.29, 0.717) is 6.54 Å². The van der Waals surface area contributed by atoms with E-state index in [1.54, 1.807) is 28.4 Å². The van der Waals surface area contributed by atoms with Crippen LogP contribution in [0.25, 0.3) is 0 Å². The first kappa shape index (κ1) is 17.6. The molecule has 7 heteroatoms. The molecule has 1 aromatic heterocycles. The Kier molecular flexibility index (Phi) is 4.77. The molecule has 0 atom stereocenters. The molecule has 0 aliphatic carbocycles. The molecule has 2 aromatic rings. The van der Waals surface area contributed by atoms with Crippen molar-refractivity contribution in [2.24, 2.45) is 0 Å². The van der Waals surface area contributed by atoms with Crippen LogP contribution in [0.2, 0.25) is 0 Å². The van der Waals surface area contributed by atoms with E-state index in [0.717, 1.165) is 43.9 Å². The summed E-state index contributed by atoms with van der Waals surface area (Å²) in [7, 11) is 0. The summed E-state index contributed by atoms with van der Waals surface area (Å²) < 4.78 is 19.2. The number of likely N-dealkylation sites (tertiary alicyclic amines) is 1. The number of carbonyl (C=O) groups excluding carboxylic acids is 1. The SMILES string of the molecule is Cc1ncsc1CN1CCC2(CC1)CN(c1ccc(F)cc1)C(=O)CO2. The maximum absolute atomic E-state index is 13.2. The monoisotopic (exact) mass is 375 g/mol. The fraction of sp³-hybridized carbons (Fsp3) is 0.474. The first-order valence-electron chi connectivity index (χ1n) is 8.86. The summed E-state index contributed by atoms with van der Waals surface area (Å²) in [5.41, 5.74) is 3.44. The molecule has 0 unspecified atom stereocenters. The van der Waals surface area contributed by atoms with Gasteiger partial charge in [-0.15, -0.1) is 11.3 Å². The zero-order valence-corrected chi connectivity index (χ0v) is 15.6. The number of aryl methyl sites for hydroxylation is 1. The van der Waals surface area contributed by atoms with Gasteiger partial charge in [-0.3, -0.25) is 9.69 Å². The van der Waals surface area contributed by atoms with Gasteiger partial charge in [-0.25, -0.2) is 9.37 Å². The molecule has 2 aliphatic heterocycles. The van der Waals surface area contributed by atoms with Crippen LogP contribution in [0.5, 0.6) is 0 Å². The van der Waals surface area contributed by atoms with Gasteiger partial charge in [0.2, 0.25) is 0 Å². The standard InChI is InChI=1S/C19H22FN3O2S/c1-14-17(26-13-21-14)10-22-8-6-19(7-9-22)12-23(18(24)11-25-19)16-4-2-15(20)3-5-16/h2-5,13H,6-12H2,1H3. The number of halogens is 1. The van der Waals surface area contributed by atoms with Gasteiger partial charge in [0, 0.05) is 30.2 Å². The second-order valence-corrected chi connectivity index (χ2v) is 8.00. The number of hydrogen-bond acceptors (Lipinski definition) is 5. The molecule has 1 spiro atoms. The van der Waals surface area contributed by atoms with Crippen molar-refractivity contribution < 1.29 is 13.9 Å². The first-order chi connectivity index (χ1) is 12.5. The quantitative estimate of drug-likeness (QED) is 0.827. The highest BCUT2D eigenvalue weighted by Crippen LogP contribution is 2.33. The van der Waals surface area contributed by atoms with E-state index in [9.17, 15) is 9.18 Å². The number of carbonyl (C=O) groups is 1. The van der Waals surface area contributed by atoms with Crippen LogP contribution in [0.4, 0.5) is 10.1 Å². The predicted molar refractivity (Wildman–Crippen MR) is 98.8 cm³/mol. The molecule has 2 fully saturated rings. The van der Waals surface area contributed by atoms with Crippen molar-refractivity contribution >= 4 is 22.9 Å². The molecule has 1 amide bonds. The van der Waals surface area contributed by atoms with Gasteiger partial charge in [-0.2, -0.15) is 0 Å². The third kappa shape index (κ3) is 3.51. The molecule has 26 heavy (non-hydrogen) atoms. The number of thiazole rings is 1. The Labute approximate surface area is 156 Å². The largest absolute Gasteiger partial charge is 0.363 e. The minimum atomic E-state index is -0.304.